The number of hydrogen-bond donors (Lipinski definition) is 2. The summed E-state index contributed by atoms with van der Waals surface area (Å²) >= 11 is 0. The maximum Gasteiger partial charge on any atom is 0.290 e. The first-order chi connectivity index (χ1) is 15.1. The topological polar surface area (TPSA) is 97.1 Å². The Bertz CT molecular complexity index is 1200. The van der Waals surface area contributed by atoms with Crippen molar-refractivity contribution in [1.82, 2.24) is 15.5 Å². The van der Waals surface area contributed by atoms with Crippen molar-refractivity contribution < 1.29 is 14.1 Å². The van der Waals surface area contributed by atoms with E-state index in [0.717, 1.165) is 16.7 Å². The van der Waals surface area contributed by atoms with Crippen LogP contribution < -0.4 is 10.6 Å². The van der Waals surface area contributed by atoms with E-state index in [9.17, 15) is 9.59 Å². The van der Waals surface area contributed by atoms with E-state index < -0.39 is 0 Å². The van der Waals surface area contributed by atoms with Crippen LogP contribution in [-0.4, -0.2) is 22.0 Å². The van der Waals surface area contributed by atoms with Crippen LogP contribution in [0, 0.1) is 6.92 Å². The Balaban J connectivity index is 1.37. The van der Waals surface area contributed by atoms with Crippen molar-refractivity contribution in [2.24, 2.45) is 0 Å². The zero-order chi connectivity index (χ0) is 21.6. The van der Waals surface area contributed by atoms with E-state index in [0.29, 0.717) is 16.9 Å². The molecule has 0 fully saturated rings. The maximum atomic E-state index is 12.4. The third-order valence-corrected chi connectivity index (χ3v) is 4.66. The normalized spacial score (nSPS) is 10.5. The van der Waals surface area contributed by atoms with Gasteiger partial charge in [0.2, 0.25) is 5.76 Å². The second-order valence-corrected chi connectivity index (χ2v) is 7.02. The summed E-state index contributed by atoms with van der Waals surface area (Å²) in [6.07, 6.45) is 3.13. The molecule has 2 amide bonds. The quantitative estimate of drug-likeness (QED) is 0.494. The Morgan fingerprint density at radius 2 is 1.71 bits per heavy atom. The second kappa shape index (κ2) is 9.04. The lowest BCUT2D eigenvalue weighted by Gasteiger charge is -2.08. The smallest absolute Gasteiger partial charge is 0.290 e. The van der Waals surface area contributed by atoms with Gasteiger partial charge in [-0.3, -0.25) is 14.6 Å². The molecule has 154 valence electrons. The molecule has 4 aromatic rings. The average molecular weight is 412 g/mol. The summed E-state index contributed by atoms with van der Waals surface area (Å²) < 4.78 is 5.20. The fraction of sp³-hybridized carbons (Fsp3) is 0.0833. The van der Waals surface area contributed by atoms with Gasteiger partial charge in [-0.05, 0) is 36.8 Å². The van der Waals surface area contributed by atoms with Crippen LogP contribution in [0.1, 0.15) is 32.0 Å². The van der Waals surface area contributed by atoms with E-state index >= 15 is 0 Å². The molecule has 0 radical (unpaired) electrons. The molecule has 2 heterocycles. The highest BCUT2D eigenvalue weighted by molar-refractivity contribution is 6.04. The molecular formula is C24H20N4O3. The van der Waals surface area contributed by atoms with Gasteiger partial charge in [-0.25, -0.2) is 0 Å². The Hall–Kier alpha value is -4.26. The summed E-state index contributed by atoms with van der Waals surface area (Å²) in [4.78, 5) is 28.6. The van der Waals surface area contributed by atoms with Crippen LogP contribution in [0.3, 0.4) is 0 Å². The van der Waals surface area contributed by atoms with Crippen molar-refractivity contribution in [2.75, 3.05) is 5.32 Å². The van der Waals surface area contributed by atoms with Gasteiger partial charge in [0.05, 0.1) is 0 Å². The predicted molar refractivity (Wildman–Crippen MR) is 116 cm³/mol. The first-order valence-corrected chi connectivity index (χ1v) is 9.71. The first kappa shape index (κ1) is 20.0. The molecule has 2 aromatic heterocycles. The van der Waals surface area contributed by atoms with E-state index in [4.69, 9.17) is 4.52 Å². The van der Waals surface area contributed by atoms with E-state index in [1.54, 1.807) is 42.7 Å². The number of benzene rings is 2. The standard InChI is InChI=1S/C24H20N4O3/c1-16-5-7-18(8-6-16)21-14-22(31-28-21)24(30)26-15-17-3-2-4-20(13-17)27-23(29)19-9-11-25-12-10-19/h2-14H,15H2,1H3,(H,26,30)(H,27,29). The van der Waals surface area contributed by atoms with Crippen LogP contribution in [0.4, 0.5) is 5.69 Å². The van der Waals surface area contributed by atoms with Gasteiger partial charge in [0, 0.05) is 41.8 Å². The third-order valence-electron chi connectivity index (χ3n) is 4.66. The highest BCUT2D eigenvalue weighted by Crippen LogP contribution is 2.20. The van der Waals surface area contributed by atoms with Gasteiger partial charge in [-0.1, -0.05) is 47.1 Å². The highest BCUT2D eigenvalue weighted by atomic mass is 16.5. The van der Waals surface area contributed by atoms with Crippen molar-refractivity contribution in [2.45, 2.75) is 13.5 Å². The molecule has 0 atom stereocenters. The maximum absolute atomic E-state index is 12.4. The number of pyridine rings is 1. The molecular weight excluding hydrogens is 392 g/mol. The molecule has 7 nitrogen and oxygen atoms in total. The Morgan fingerprint density at radius 1 is 0.935 bits per heavy atom. The summed E-state index contributed by atoms with van der Waals surface area (Å²) in [5, 5.41) is 9.62. The van der Waals surface area contributed by atoms with E-state index in [-0.39, 0.29) is 24.1 Å². The number of anilines is 1. The Labute approximate surface area is 179 Å². The fourth-order valence-corrected chi connectivity index (χ4v) is 2.98. The third kappa shape index (κ3) is 5.02. The summed E-state index contributed by atoms with van der Waals surface area (Å²) in [6.45, 7) is 2.28. The zero-order valence-electron chi connectivity index (χ0n) is 16.8. The molecule has 0 saturated heterocycles. The monoisotopic (exact) mass is 412 g/mol. The number of carbonyl (C=O) groups excluding carboxylic acids is 2. The Kier molecular flexibility index (Phi) is 5.84. The van der Waals surface area contributed by atoms with Crippen LogP contribution in [0.2, 0.25) is 0 Å². The minimum atomic E-state index is -0.364. The number of aryl methyl sites for hydroxylation is 1. The molecule has 0 saturated carbocycles. The number of amides is 2. The van der Waals surface area contributed by atoms with E-state index in [2.05, 4.69) is 20.8 Å². The molecule has 7 heteroatoms. The number of aromatic nitrogens is 2. The molecule has 0 spiro atoms. The lowest BCUT2D eigenvalue weighted by molar-refractivity contribution is 0.0913. The first-order valence-electron chi connectivity index (χ1n) is 9.71. The van der Waals surface area contributed by atoms with Gasteiger partial charge in [0.1, 0.15) is 5.69 Å². The molecule has 0 bridgehead atoms. The number of hydrogen-bond acceptors (Lipinski definition) is 5. The molecule has 0 aliphatic carbocycles. The summed E-state index contributed by atoms with van der Waals surface area (Å²) in [7, 11) is 0. The zero-order valence-corrected chi connectivity index (χ0v) is 16.8. The minimum absolute atomic E-state index is 0.137. The number of rotatable bonds is 6. The van der Waals surface area contributed by atoms with Crippen molar-refractivity contribution in [3.05, 3.63) is 102 Å². The van der Waals surface area contributed by atoms with Crippen LogP contribution in [0.5, 0.6) is 0 Å². The molecule has 0 aliphatic rings. The lowest BCUT2D eigenvalue weighted by Crippen LogP contribution is -2.22. The van der Waals surface area contributed by atoms with Gasteiger partial charge in [-0.2, -0.15) is 0 Å². The number of carbonyl (C=O) groups is 2. The van der Waals surface area contributed by atoms with Crippen LogP contribution in [0.25, 0.3) is 11.3 Å². The van der Waals surface area contributed by atoms with Crippen LogP contribution >= 0.6 is 0 Å². The van der Waals surface area contributed by atoms with E-state index in [1.165, 1.54) is 0 Å². The molecule has 31 heavy (non-hydrogen) atoms. The molecule has 0 unspecified atom stereocenters. The SMILES string of the molecule is Cc1ccc(-c2cc(C(=O)NCc3cccc(NC(=O)c4ccncc4)c3)on2)cc1. The minimum Gasteiger partial charge on any atom is -0.350 e. The summed E-state index contributed by atoms with van der Waals surface area (Å²) in [6, 6.07) is 20.0. The number of nitrogens with one attached hydrogen (secondary N) is 2. The molecule has 0 aliphatic heterocycles. The fourth-order valence-electron chi connectivity index (χ4n) is 2.98. The Morgan fingerprint density at radius 3 is 2.48 bits per heavy atom. The van der Waals surface area contributed by atoms with Gasteiger partial charge in [-0.15, -0.1) is 0 Å². The van der Waals surface area contributed by atoms with Gasteiger partial charge < -0.3 is 15.2 Å². The van der Waals surface area contributed by atoms with Crippen molar-refractivity contribution in [1.29, 1.82) is 0 Å². The van der Waals surface area contributed by atoms with Gasteiger partial charge >= 0.3 is 0 Å². The molecule has 2 aromatic carbocycles. The van der Waals surface area contributed by atoms with Crippen molar-refractivity contribution in [3.63, 3.8) is 0 Å². The van der Waals surface area contributed by atoms with Crippen LogP contribution in [0.15, 0.2) is 83.6 Å². The second-order valence-electron chi connectivity index (χ2n) is 7.02. The molecule has 2 N–H and O–H groups in total. The molecule has 4 rings (SSSR count). The van der Waals surface area contributed by atoms with Crippen molar-refractivity contribution in [3.8, 4) is 11.3 Å². The van der Waals surface area contributed by atoms with Gasteiger partial charge in [0.25, 0.3) is 11.8 Å². The summed E-state index contributed by atoms with van der Waals surface area (Å²) in [5.41, 5.74) is 4.61. The predicted octanol–water partition coefficient (Wildman–Crippen LogP) is 4.23. The van der Waals surface area contributed by atoms with Crippen LogP contribution in [-0.2, 0) is 6.54 Å². The largest absolute Gasteiger partial charge is 0.350 e. The van der Waals surface area contributed by atoms with Gasteiger partial charge in [0.15, 0.2) is 0 Å². The average Bonchev–Trinajstić information content (AvgIpc) is 3.29. The van der Waals surface area contributed by atoms with Crippen molar-refractivity contribution >= 4 is 17.5 Å². The number of nitrogens with zero attached hydrogens (tertiary/aromatic N) is 2. The summed E-state index contributed by atoms with van der Waals surface area (Å²) in [5.74, 6) is -0.455. The lowest BCUT2D eigenvalue weighted by atomic mass is 10.1. The highest BCUT2D eigenvalue weighted by Gasteiger charge is 2.14. The van der Waals surface area contributed by atoms with E-state index in [1.807, 2.05) is 43.3 Å².